The smallest absolute Gasteiger partial charge is 0.392 e. The largest absolute Gasteiger partial charge is 0.423 e. The molecule has 3 atom stereocenters. The number of nitrogens with zero attached hydrogens (tertiary/aromatic N) is 2. The predicted octanol–water partition coefficient (Wildman–Crippen LogP) is 3.32. The molecule has 0 radical (unpaired) electrons. The first-order valence-corrected chi connectivity index (χ1v) is 6.59. The maximum absolute atomic E-state index is 13.0. The summed E-state index contributed by atoms with van der Waals surface area (Å²) in [6.45, 7) is 1.85. The van der Waals surface area contributed by atoms with E-state index in [1.807, 2.05) is 6.92 Å². The lowest BCUT2D eigenvalue weighted by Crippen LogP contribution is -2.31. The van der Waals surface area contributed by atoms with Crippen LogP contribution in [0.5, 0.6) is 0 Å². The quantitative estimate of drug-likeness (QED) is 0.920. The van der Waals surface area contributed by atoms with Crippen LogP contribution in [0.3, 0.4) is 0 Å². The van der Waals surface area contributed by atoms with Gasteiger partial charge in [-0.05, 0) is 19.3 Å². The molecule has 0 aliphatic heterocycles. The SMILES string of the molecule is CCC(N)c1nnc(C2CCCCC2C(F)(F)F)o1. The van der Waals surface area contributed by atoms with Gasteiger partial charge in [-0.25, -0.2) is 0 Å². The van der Waals surface area contributed by atoms with E-state index in [0.717, 1.165) is 6.42 Å². The van der Waals surface area contributed by atoms with Crippen LogP contribution >= 0.6 is 0 Å². The van der Waals surface area contributed by atoms with Crippen LogP contribution in [-0.4, -0.2) is 16.4 Å². The molecule has 1 fully saturated rings. The van der Waals surface area contributed by atoms with Crippen molar-refractivity contribution in [2.24, 2.45) is 11.7 Å². The standard InChI is InChI=1S/C12H18F3N3O/c1-2-9(16)11-18-17-10(19-11)7-5-3-4-6-8(7)12(13,14)15/h7-9H,2-6,16H2,1H3. The lowest BCUT2D eigenvalue weighted by atomic mass is 9.79. The Kier molecular flexibility index (Phi) is 4.13. The first-order valence-electron chi connectivity index (χ1n) is 6.59. The molecule has 3 unspecified atom stereocenters. The molecule has 108 valence electrons. The first kappa shape index (κ1) is 14.3. The summed E-state index contributed by atoms with van der Waals surface area (Å²) in [5.41, 5.74) is 5.74. The van der Waals surface area contributed by atoms with E-state index in [4.69, 9.17) is 10.2 Å². The van der Waals surface area contributed by atoms with Gasteiger partial charge in [-0.2, -0.15) is 13.2 Å². The fraction of sp³-hybridized carbons (Fsp3) is 0.833. The van der Waals surface area contributed by atoms with Gasteiger partial charge in [0, 0.05) is 5.92 Å². The van der Waals surface area contributed by atoms with Crippen molar-refractivity contribution < 1.29 is 17.6 Å². The first-order chi connectivity index (χ1) is 8.93. The molecule has 0 saturated heterocycles. The number of alkyl halides is 3. The van der Waals surface area contributed by atoms with Crippen LogP contribution in [0.25, 0.3) is 0 Å². The van der Waals surface area contributed by atoms with Crippen LogP contribution < -0.4 is 5.73 Å². The van der Waals surface area contributed by atoms with Crippen LogP contribution in [0, 0.1) is 5.92 Å². The van der Waals surface area contributed by atoms with Crippen molar-refractivity contribution >= 4 is 0 Å². The van der Waals surface area contributed by atoms with Crippen molar-refractivity contribution in [1.82, 2.24) is 10.2 Å². The molecular weight excluding hydrogens is 259 g/mol. The van der Waals surface area contributed by atoms with Gasteiger partial charge in [0.25, 0.3) is 0 Å². The molecule has 1 aromatic heterocycles. The lowest BCUT2D eigenvalue weighted by Gasteiger charge is -2.30. The molecule has 2 rings (SSSR count). The van der Waals surface area contributed by atoms with E-state index in [2.05, 4.69) is 10.2 Å². The van der Waals surface area contributed by atoms with Gasteiger partial charge in [-0.3, -0.25) is 0 Å². The highest BCUT2D eigenvalue weighted by Crippen LogP contribution is 2.46. The monoisotopic (exact) mass is 277 g/mol. The fourth-order valence-electron chi connectivity index (χ4n) is 2.54. The number of hydrogen-bond donors (Lipinski definition) is 1. The summed E-state index contributed by atoms with van der Waals surface area (Å²) in [6.07, 6.45) is -1.69. The molecule has 0 aromatic carbocycles. The lowest BCUT2D eigenvalue weighted by molar-refractivity contribution is -0.188. The van der Waals surface area contributed by atoms with Crippen LogP contribution in [0.15, 0.2) is 4.42 Å². The zero-order valence-electron chi connectivity index (χ0n) is 10.8. The van der Waals surface area contributed by atoms with Crippen LogP contribution in [-0.2, 0) is 0 Å². The van der Waals surface area contributed by atoms with E-state index in [0.29, 0.717) is 19.3 Å². The maximum atomic E-state index is 13.0. The molecule has 1 aliphatic rings. The average Bonchev–Trinajstić information content (AvgIpc) is 2.86. The molecule has 0 amide bonds. The van der Waals surface area contributed by atoms with E-state index in [1.54, 1.807) is 0 Å². The van der Waals surface area contributed by atoms with Crippen LogP contribution in [0.2, 0.25) is 0 Å². The minimum atomic E-state index is -4.22. The minimum absolute atomic E-state index is 0.0842. The number of aromatic nitrogens is 2. The zero-order chi connectivity index (χ0) is 14.0. The fourth-order valence-corrected chi connectivity index (χ4v) is 2.54. The zero-order valence-corrected chi connectivity index (χ0v) is 10.8. The summed E-state index contributed by atoms with van der Waals surface area (Å²) in [6, 6.07) is -0.408. The van der Waals surface area contributed by atoms with Crippen molar-refractivity contribution in [3.8, 4) is 0 Å². The summed E-state index contributed by atoms with van der Waals surface area (Å²) in [5, 5.41) is 7.55. The molecule has 1 saturated carbocycles. The Morgan fingerprint density at radius 3 is 2.63 bits per heavy atom. The topological polar surface area (TPSA) is 64.9 Å². The van der Waals surface area contributed by atoms with E-state index >= 15 is 0 Å². The van der Waals surface area contributed by atoms with Gasteiger partial charge >= 0.3 is 6.18 Å². The van der Waals surface area contributed by atoms with Gasteiger partial charge in [0.05, 0.1) is 12.0 Å². The van der Waals surface area contributed by atoms with Crippen LogP contribution in [0.1, 0.15) is 62.8 Å². The summed E-state index contributed by atoms with van der Waals surface area (Å²) >= 11 is 0. The molecule has 7 heteroatoms. The number of nitrogens with two attached hydrogens (primary N) is 1. The minimum Gasteiger partial charge on any atom is -0.423 e. The highest BCUT2D eigenvalue weighted by molar-refractivity contribution is 5.00. The number of rotatable bonds is 3. The molecule has 1 aromatic rings. The molecular formula is C12H18F3N3O. The number of hydrogen-bond acceptors (Lipinski definition) is 4. The second-order valence-corrected chi connectivity index (χ2v) is 5.03. The molecule has 4 nitrogen and oxygen atoms in total. The van der Waals surface area contributed by atoms with E-state index in [-0.39, 0.29) is 18.2 Å². The normalized spacial score (nSPS) is 26.4. The Morgan fingerprint density at radius 1 is 1.32 bits per heavy atom. The molecule has 0 spiro atoms. The molecule has 1 aliphatic carbocycles. The molecule has 2 N–H and O–H groups in total. The molecule has 0 bridgehead atoms. The van der Waals surface area contributed by atoms with Crippen molar-refractivity contribution in [2.45, 2.75) is 57.2 Å². The summed E-state index contributed by atoms with van der Waals surface area (Å²) < 4.78 is 44.3. The van der Waals surface area contributed by atoms with Gasteiger partial charge in [0.1, 0.15) is 0 Å². The second-order valence-electron chi connectivity index (χ2n) is 5.03. The van der Waals surface area contributed by atoms with Gasteiger partial charge in [-0.15, -0.1) is 10.2 Å². The highest BCUT2D eigenvalue weighted by atomic mass is 19.4. The summed E-state index contributed by atoms with van der Waals surface area (Å²) in [5.74, 6) is -1.80. The third-order valence-electron chi connectivity index (χ3n) is 3.72. The van der Waals surface area contributed by atoms with E-state index in [1.165, 1.54) is 0 Å². The molecule has 1 heterocycles. The second kappa shape index (κ2) is 5.48. The Hall–Kier alpha value is -1.11. The van der Waals surface area contributed by atoms with E-state index < -0.39 is 24.1 Å². The van der Waals surface area contributed by atoms with Crippen LogP contribution in [0.4, 0.5) is 13.2 Å². The third-order valence-corrected chi connectivity index (χ3v) is 3.72. The molecule has 19 heavy (non-hydrogen) atoms. The van der Waals surface area contributed by atoms with E-state index in [9.17, 15) is 13.2 Å². The van der Waals surface area contributed by atoms with Gasteiger partial charge in [0.2, 0.25) is 11.8 Å². The third kappa shape index (κ3) is 3.08. The summed E-state index contributed by atoms with van der Waals surface area (Å²) in [7, 11) is 0. The maximum Gasteiger partial charge on any atom is 0.392 e. The van der Waals surface area contributed by atoms with Gasteiger partial charge in [0.15, 0.2) is 0 Å². The van der Waals surface area contributed by atoms with Crippen molar-refractivity contribution in [2.75, 3.05) is 0 Å². The summed E-state index contributed by atoms with van der Waals surface area (Å²) in [4.78, 5) is 0. The Balaban J connectivity index is 2.20. The van der Waals surface area contributed by atoms with Crippen molar-refractivity contribution in [3.05, 3.63) is 11.8 Å². The Bertz CT molecular complexity index is 419. The van der Waals surface area contributed by atoms with Crippen molar-refractivity contribution in [3.63, 3.8) is 0 Å². The number of halogens is 3. The van der Waals surface area contributed by atoms with Gasteiger partial charge in [-0.1, -0.05) is 19.8 Å². The van der Waals surface area contributed by atoms with Crippen molar-refractivity contribution in [1.29, 1.82) is 0 Å². The predicted molar refractivity (Wildman–Crippen MR) is 62.3 cm³/mol. The highest BCUT2D eigenvalue weighted by Gasteiger charge is 2.47. The Labute approximate surface area is 109 Å². The average molecular weight is 277 g/mol. The van der Waals surface area contributed by atoms with Gasteiger partial charge < -0.3 is 10.2 Å². The Morgan fingerprint density at radius 2 is 2.00 bits per heavy atom.